The molecule has 48 valence electrons. The first-order valence-electron chi connectivity index (χ1n) is 2.05. The van der Waals surface area contributed by atoms with Crippen molar-refractivity contribution in [1.29, 1.82) is 0 Å². The third kappa shape index (κ3) is 3850. The van der Waals surface area contributed by atoms with Crippen LogP contribution in [0.25, 0.3) is 0 Å². The Kier molecular flexibility index (Phi) is 90.8. The van der Waals surface area contributed by atoms with Gasteiger partial charge in [0.2, 0.25) is 0 Å². The maximum Gasteiger partial charge on any atom is 0.0402 e. The van der Waals surface area contributed by atoms with Gasteiger partial charge in [-0.2, -0.15) is 0 Å². The lowest BCUT2D eigenvalue weighted by atomic mass is 10.9. The number of hydrogen-bond donors (Lipinski definition) is 2. The second-order valence-corrected chi connectivity index (χ2v) is 0.632. The summed E-state index contributed by atoms with van der Waals surface area (Å²) in [4.78, 5) is 0. The van der Waals surface area contributed by atoms with Crippen LogP contribution >= 0.6 is 0 Å². The molecule has 0 aromatic heterocycles. The fourth-order valence-corrected chi connectivity index (χ4v) is 0. The van der Waals surface area contributed by atoms with Crippen molar-refractivity contribution < 1.29 is 14.9 Å². The molecule has 0 aliphatic carbocycles. The number of aliphatic hydroxyl groups excluding tert-OH is 2. The van der Waals surface area contributed by atoms with Gasteiger partial charge in [-0.1, -0.05) is 0 Å². The molecule has 0 atom stereocenters. The second-order valence-electron chi connectivity index (χ2n) is 0.632. The van der Waals surface area contributed by atoms with Gasteiger partial charge in [-0.15, -0.1) is 0 Å². The van der Waals surface area contributed by atoms with Crippen molar-refractivity contribution >= 4 is 0 Å². The van der Waals surface area contributed by atoms with Gasteiger partial charge < -0.3 is 10.2 Å². The molecule has 0 aliphatic rings. The Morgan fingerprint density at radius 3 is 1.00 bits per heavy atom. The van der Waals surface area contributed by atoms with Crippen molar-refractivity contribution in [3.05, 3.63) is 0 Å². The standard InChI is InChI=1S/2C2H6O.FH/c2*1-2-3;/h2*3H,2H2,1H3;1H. The van der Waals surface area contributed by atoms with Crippen molar-refractivity contribution in [1.82, 2.24) is 0 Å². The van der Waals surface area contributed by atoms with Crippen molar-refractivity contribution in [2.75, 3.05) is 13.2 Å². The molecule has 0 saturated carbocycles. The van der Waals surface area contributed by atoms with E-state index in [-0.39, 0.29) is 17.9 Å². The number of aliphatic hydroxyl groups is 2. The largest absolute Gasteiger partial charge is 0.397 e. The Hall–Kier alpha value is -0.150. The summed E-state index contributed by atoms with van der Waals surface area (Å²) in [5, 5.41) is 15.1. The Morgan fingerprint density at radius 1 is 1.00 bits per heavy atom. The van der Waals surface area contributed by atoms with Crippen molar-refractivity contribution in [3.8, 4) is 0 Å². The highest BCUT2D eigenvalue weighted by molar-refractivity contribution is 3.84. The predicted molar refractivity (Wildman–Crippen MR) is 28.0 cm³/mol. The molecule has 0 bridgehead atoms. The van der Waals surface area contributed by atoms with E-state index in [9.17, 15) is 0 Å². The van der Waals surface area contributed by atoms with Gasteiger partial charge in [0.25, 0.3) is 0 Å². The van der Waals surface area contributed by atoms with Crippen LogP contribution in [0.15, 0.2) is 0 Å². The predicted octanol–water partition coefficient (Wildman–Crippen LogP) is 0.150. The molecule has 2 N–H and O–H groups in total. The van der Waals surface area contributed by atoms with Crippen molar-refractivity contribution in [2.24, 2.45) is 0 Å². The quantitative estimate of drug-likeness (QED) is 0.468. The summed E-state index contributed by atoms with van der Waals surface area (Å²) < 4.78 is 0. The Morgan fingerprint density at radius 2 is 1.00 bits per heavy atom. The van der Waals surface area contributed by atoms with E-state index in [0.29, 0.717) is 0 Å². The summed E-state index contributed by atoms with van der Waals surface area (Å²) in [7, 11) is 0. The van der Waals surface area contributed by atoms with Crippen LogP contribution in [0.2, 0.25) is 0 Å². The molecule has 0 aromatic rings. The van der Waals surface area contributed by atoms with E-state index in [0.717, 1.165) is 0 Å². The van der Waals surface area contributed by atoms with Crippen LogP contribution in [0.1, 0.15) is 13.8 Å². The molecule has 0 spiro atoms. The Labute approximate surface area is 43.2 Å². The summed E-state index contributed by atoms with van der Waals surface area (Å²) >= 11 is 0. The van der Waals surface area contributed by atoms with E-state index >= 15 is 0 Å². The van der Waals surface area contributed by atoms with E-state index in [1.165, 1.54) is 0 Å². The van der Waals surface area contributed by atoms with Crippen LogP contribution in [-0.2, 0) is 0 Å². The van der Waals surface area contributed by atoms with Gasteiger partial charge in [0.15, 0.2) is 0 Å². The van der Waals surface area contributed by atoms with E-state index < -0.39 is 0 Å². The number of hydrogen-bond acceptors (Lipinski definition) is 2. The smallest absolute Gasteiger partial charge is 0.0402 e. The normalized spacial score (nSPS) is 5.14. The Balaban J connectivity index is -0.0000000400. The van der Waals surface area contributed by atoms with E-state index in [4.69, 9.17) is 10.2 Å². The topological polar surface area (TPSA) is 40.5 Å². The van der Waals surface area contributed by atoms with E-state index in [2.05, 4.69) is 0 Å². The van der Waals surface area contributed by atoms with Crippen LogP contribution < -0.4 is 0 Å². The molecule has 0 amide bonds. The minimum atomic E-state index is 0. The molecule has 0 aliphatic heterocycles. The zero-order valence-corrected chi connectivity index (χ0v) is 4.72. The zero-order valence-electron chi connectivity index (χ0n) is 4.72. The van der Waals surface area contributed by atoms with Gasteiger partial charge in [-0.25, -0.2) is 0 Å². The average molecular weight is 112 g/mol. The molecule has 0 radical (unpaired) electrons. The third-order valence-corrected chi connectivity index (χ3v) is 0. The summed E-state index contributed by atoms with van der Waals surface area (Å²) in [6.45, 7) is 3.86. The average Bonchev–Trinajstić information content (AvgIpc) is 1.39. The summed E-state index contributed by atoms with van der Waals surface area (Å²) in [6, 6.07) is 0. The molecule has 0 aromatic carbocycles. The first-order chi connectivity index (χ1) is 2.83. The molecule has 3 heteroatoms. The maximum atomic E-state index is 7.57. The first-order valence-corrected chi connectivity index (χ1v) is 2.05. The number of rotatable bonds is 0. The van der Waals surface area contributed by atoms with Crippen LogP contribution in [0.3, 0.4) is 0 Å². The molecule has 2 nitrogen and oxygen atoms in total. The van der Waals surface area contributed by atoms with Gasteiger partial charge in [0.05, 0.1) is 0 Å². The molecule has 0 rings (SSSR count). The fourth-order valence-electron chi connectivity index (χ4n) is 0. The van der Waals surface area contributed by atoms with Crippen molar-refractivity contribution in [2.45, 2.75) is 13.8 Å². The van der Waals surface area contributed by atoms with Crippen molar-refractivity contribution in [3.63, 3.8) is 0 Å². The van der Waals surface area contributed by atoms with Gasteiger partial charge in [0.1, 0.15) is 0 Å². The highest BCUT2D eigenvalue weighted by atomic mass is 19.0. The molecule has 0 heterocycles. The minimum absolute atomic E-state index is 0. The molecular formula is C4H13FO2. The SMILES string of the molecule is CCO.CCO.F. The lowest BCUT2D eigenvalue weighted by Gasteiger charge is -1.52. The Bertz CT molecular complexity index is 11.7. The zero-order chi connectivity index (χ0) is 5.41. The molecular weight excluding hydrogens is 99.0 g/mol. The summed E-state index contributed by atoms with van der Waals surface area (Å²) in [5.74, 6) is 0. The number of halogens is 1. The van der Waals surface area contributed by atoms with Crippen LogP contribution in [0.5, 0.6) is 0 Å². The molecule has 0 saturated heterocycles. The monoisotopic (exact) mass is 112 g/mol. The van der Waals surface area contributed by atoms with Crippen LogP contribution in [0.4, 0.5) is 4.70 Å². The van der Waals surface area contributed by atoms with Crippen LogP contribution in [-0.4, -0.2) is 23.4 Å². The summed E-state index contributed by atoms with van der Waals surface area (Å²) in [6.07, 6.45) is 0. The van der Waals surface area contributed by atoms with Crippen LogP contribution in [0, 0.1) is 0 Å². The fraction of sp³-hybridized carbons (Fsp3) is 1.00. The molecule has 0 fully saturated rings. The van der Waals surface area contributed by atoms with Gasteiger partial charge in [-0.05, 0) is 13.8 Å². The highest BCUT2D eigenvalue weighted by Gasteiger charge is 1.34. The van der Waals surface area contributed by atoms with E-state index in [1.54, 1.807) is 13.8 Å². The first kappa shape index (κ1) is 15.8. The highest BCUT2D eigenvalue weighted by Crippen LogP contribution is 1.30. The second kappa shape index (κ2) is 40.2. The third-order valence-electron chi connectivity index (χ3n) is 0. The lowest BCUT2D eigenvalue weighted by Crippen LogP contribution is -1.57. The molecule has 0 unspecified atom stereocenters. The van der Waals surface area contributed by atoms with E-state index in [1.807, 2.05) is 0 Å². The molecule has 7 heavy (non-hydrogen) atoms. The van der Waals surface area contributed by atoms with Gasteiger partial charge in [0, 0.05) is 13.2 Å². The maximum absolute atomic E-state index is 7.57. The lowest BCUT2D eigenvalue weighted by molar-refractivity contribution is 0.318. The summed E-state index contributed by atoms with van der Waals surface area (Å²) in [5.41, 5.74) is 0. The minimum Gasteiger partial charge on any atom is -0.397 e. The van der Waals surface area contributed by atoms with Gasteiger partial charge >= 0.3 is 0 Å². The van der Waals surface area contributed by atoms with Gasteiger partial charge in [-0.3, -0.25) is 4.70 Å².